The fourth-order valence-corrected chi connectivity index (χ4v) is 3.11. The molecule has 20 heavy (non-hydrogen) atoms. The zero-order valence-corrected chi connectivity index (χ0v) is 11.9. The zero-order valence-electron chi connectivity index (χ0n) is 10.3. The number of nitro groups is 1. The molecule has 6 nitrogen and oxygen atoms in total. The number of nitrogens with zero attached hydrogens (tertiary/aromatic N) is 1. The predicted molar refractivity (Wildman–Crippen MR) is 74.3 cm³/mol. The van der Waals surface area contributed by atoms with Gasteiger partial charge in [-0.05, 0) is 23.6 Å². The predicted octanol–water partition coefficient (Wildman–Crippen LogP) is 2.60. The molecule has 8 heteroatoms. The molecule has 2 rings (SSSR count). The molecule has 0 saturated carbocycles. The van der Waals surface area contributed by atoms with Crippen LogP contribution in [0, 0.1) is 10.1 Å². The van der Waals surface area contributed by atoms with Crippen LogP contribution < -0.4 is 0 Å². The SMILES string of the molecule is O=[N+]([O-])c1ccc(S(=O)(=O)OCCc2cccs2)cc1. The molecule has 0 spiro atoms. The Kier molecular flexibility index (Phi) is 4.48. The minimum Gasteiger partial charge on any atom is -0.266 e. The lowest BCUT2D eigenvalue weighted by molar-refractivity contribution is -0.384. The van der Waals surface area contributed by atoms with Gasteiger partial charge in [-0.15, -0.1) is 11.3 Å². The fraction of sp³-hybridized carbons (Fsp3) is 0.167. The van der Waals surface area contributed by atoms with Crippen molar-refractivity contribution in [1.82, 2.24) is 0 Å². The molecule has 0 aliphatic carbocycles. The van der Waals surface area contributed by atoms with Crippen LogP contribution in [0.3, 0.4) is 0 Å². The minimum atomic E-state index is -3.87. The van der Waals surface area contributed by atoms with Crippen molar-refractivity contribution in [3.63, 3.8) is 0 Å². The second-order valence-corrected chi connectivity index (χ2v) is 6.50. The molecule has 0 amide bonds. The highest BCUT2D eigenvalue weighted by Crippen LogP contribution is 2.18. The Hall–Kier alpha value is -1.77. The van der Waals surface area contributed by atoms with Crippen molar-refractivity contribution in [1.29, 1.82) is 0 Å². The van der Waals surface area contributed by atoms with Gasteiger partial charge in [-0.3, -0.25) is 14.3 Å². The van der Waals surface area contributed by atoms with Crippen molar-refractivity contribution in [2.75, 3.05) is 6.61 Å². The molecule has 1 heterocycles. The lowest BCUT2D eigenvalue weighted by Crippen LogP contribution is -2.08. The Bertz CT molecular complexity index is 677. The third-order valence-electron chi connectivity index (χ3n) is 2.50. The lowest BCUT2D eigenvalue weighted by Gasteiger charge is -2.04. The number of nitro benzene ring substituents is 1. The number of rotatable bonds is 6. The molecule has 0 aliphatic rings. The molecule has 0 bridgehead atoms. The van der Waals surface area contributed by atoms with Crippen LogP contribution >= 0.6 is 11.3 Å². The highest BCUT2D eigenvalue weighted by molar-refractivity contribution is 7.86. The van der Waals surface area contributed by atoms with E-state index in [1.165, 1.54) is 23.5 Å². The van der Waals surface area contributed by atoms with Crippen LogP contribution in [0.4, 0.5) is 5.69 Å². The van der Waals surface area contributed by atoms with E-state index in [4.69, 9.17) is 4.18 Å². The van der Waals surface area contributed by atoms with Gasteiger partial charge in [0.05, 0.1) is 16.4 Å². The van der Waals surface area contributed by atoms with Gasteiger partial charge in [0.2, 0.25) is 0 Å². The Morgan fingerprint density at radius 1 is 1.20 bits per heavy atom. The summed E-state index contributed by atoms with van der Waals surface area (Å²) in [6.07, 6.45) is 0.504. The van der Waals surface area contributed by atoms with Crippen molar-refractivity contribution < 1.29 is 17.5 Å². The number of non-ortho nitro benzene ring substituents is 1. The quantitative estimate of drug-likeness (QED) is 0.465. The summed E-state index contributed by atoms with van der Waals surface area (Å²) >= 11 is 1.52. The molecule has 106 valence electrons. The number of thiophene rings is 1. The molecule has 0 unspecified atom stereocenters. The first-order valence-electron chi connectivity index (χ1n) is 5.65. The fourth-order valence-electron chi connectivity index (χ4n) is 1.51. The van der Waals surface area contributed by atoms with Gasteiger partial charge in [-0.25, -0.2) is 0 Å². The van der Waals surface area contributed by atoms with Gasteiger partial charge in [-0.2, -0.15) is 8.42 Å². The van der Waals surface area contributed by atoms with Crippen molar-refractivity contribution in [3.05, 3.63) is 56.8 Å². The van der Waals surface area contributed by atoms with Crippen molar-refractivity contribution in [2.45, 2.75) is 11.3 Å². The summed E-state index contributed by atoms with van der Waals surface area (Å²) in [6.45, 7) is 0.0415. The van der Waals surface area contributed by atoms with E-state index in [1.54, 1.807) is 0 Å². The maximum Gasteiger partial charge on any atom is 0.296 e. The van der Waals surface area contributed by atoms with Crippen LogP contribution in [-0.2, 0) is 20.7 Å². The monoisotopic (exact) mass is 313 g/mol. The topological polar surface area (TPSA) is 86.5 Å². The molecule has 1 aromatic heterocycles. The van der Waals surface area contributed by atoms with Crippen LogP contribution in [-0.4, -0.2) is 19.9 Å². The van der Waals surface area contributed by atoms with Gasteiger partial charge >= 0.3 is 0 Å². The van der Waals surface area contributed by atoms with E-state index in [2.05, 4.69) is 0 Å². The summed E-state index contributed by atoms with van der Waals surface area (Å²) in [7, 11) is -3.87. The van der Waals surface area contributed by atoms with E-state index in [-0.39, 0.29) is 17.2 Å². The van der Waals surface area contributed by atoms with Gasteiger partial charge in [-0.1, -0.05) is 6.07 Å². The first kappa shape index (κ1) is 14.6. The average molecular weight is 313 g/mol. The van der Waals surface area contributed by atoms with Crippen molar-refractivity contribution in [2.24, 2.45) is 0 Å². The number of benzene rings is 1. The van der Waals surface area contributed by atoms with E-state index in [0.717, 1.165) is 17.0 Å². The van der Waals surface area contributed by atoms with E-state index in [1.807, 2.05) is 17.5 Å². The van der Waals surface area contributed by atoms with Gasteiger partial charge in [0, 0.05) is 23.4 Å². The maximum absolute atomic E-state index is 11.9. The van der Waals surface area contributed by atoms with E-state index >= 15 is 0 Å². The highest BCUT2D eigenvalue weighted by Gasteiger charge is 2.16. The Labute approximate surface area is 119 Å². The van der Waals surface area contributed by atoms with E-state index < -0.39 is 15.0 Å². The van der Waals surface area contributed by atoms with Crippen LogP contribution in [0.25, 0.3) is 0 Å². The lowest BCUT2D eigenvalue weighted by atomic mass is 10.3. The van der Waals surface area contributed by atoms with Crippen LogP contribution in [0.2, 0.25) is 0 Å². The second-order valence-electron chi connectivity index (χ2n) is 3.86. The summed E-state index contributed by atoms with van der Waals surface area (Å²) in [4.78, 5) is 10.8. The van der Waals surface area contributed by atoms with Gasteiger partial charge in [0.25, 0.3) is 15.8 Å². The Morgan fingerprint density at radius 2 is 1.90 bits per heavy atom. The van der Waals surface area contributed by atoms with Crippen LogP contribution in [0.15, 0.2) is 46.7 Å². The molecule has 0 atom stereocenters. The normalized spacial score (nSPS) is 11.4. The Morgan fingerprint density at radius 3 is 2.45 bits per heavy atom. The molecular formula is C12H11NO5S2. The highest BCUT2D eigenvalue weighted by atomic mass is 32.2. The standard InChI is InChI=1S/C12H11NO5S2/c14-13(15)10-3-5-12(6-4-10)20(16,17)18-8-7-11-2-1-9-19-11/h1-6,9H,7-8H2. The van der Waals surface area contributed by atoms with Crippen molar-refractivity contribution in [3.8, 4) is 0 Å². The molecule has 0 saturated heterocycles. The molecule has 0 fully saturated rings. The molecule has 0 N–H and O–H groups in total. The summed E-state index contributed by atoms with van der Waals surface area (Å²) in [5.74, 6) is 0. The van der Waals surface area contributed by atoms with Gasteiger partial charge in [0.15, 0.2) is 0 Å². The van der Waals surface area contributed by atoms with Gasteiger partial charge in [0.1, 0.15) is 0 Å². The maximum atomic E-state index is 11.9. The van der Waals surface area contributed by atoms with Crippen LogP contribution in [0.5, 0.6) is 0 Å². The summed E-state index contributed by atoms with van der Waals surface area (Å²) in [5.41, 5.74) is -0.164. The van der Waals surface area contributed by atoms with E-state index in [0.29, 0.717) is 6.42 Å². The molecule has 1 aromatic carbocycles. The van der Waals surface area contributed by atoms with Crippen molar-refractivity contribution >= 4 is 27.1 Å². The Balaban J connectivity index is 2.00. The van der Waals surface area contributed by atoms with Crippen LogP contribution in [0.1, 0.15) is 4.88 Å². The first-order valence-corrected chi connectivity index (χ1v) is 7.94. The third kappa shape index (κ3) is 3.62. The molecule has 2 aromatic rings. The summed E-state index contributed by atoms with van der Waals surface area (Å²) in [6, 6.07) is 8.37. The largest absolute Gasteiger partial charge is 0.296 e. The van der Waals surface area contributed by atoms with Gasteiger partial charge < -0.3 is 0 Å². The average Bonchev–Trinajstić information content (AvgIpc) is 2.92. The molecular weight excluding hydrogens is 302 g/mol. The number of hydrogen-bond acceptors (Lipinski definition) is 6. The molecule has 0 radical (unpaired) electrons. The smallest absolute Gasteiger partial charge is 0.266 e. The summed E-state index contributed by atoms with van der Waals surface area (Å²) < 4.78 is 28.6. The third-order valence-corrected chi connectivity index (χ3v) is 4.77. The summed E-state index contributed by atoms with van der Waals surface area (Å²) in [5, 5.41) is 12.4. The second kappa shape index (κ2) is 6.12. The minimum absolute atomic E-state index is 0.0415. The first-order chi connectivity index (χ1) is 9.49. The number of hydrogen-bond donors (Lipinski definition) is 0. The van der Waals surface area contributed by atoms with E-state index in [9.17, 15) is 18.5 Å². The molecule has 0 aliphatic heterocycles. The zero-order chi connectivity index (χ0) is 14.6.